The average Bonchev–Trinajstić information content (AvgIpc) is 4.09. The minimum Gasteiger partial charge on any atom is -0.396 e. The van der Waals surface area contributed by atoms with Crippen molar-refractivity contribution in [1.29, 1.82) is 0 Å². The number of rotatable bonds is 22. The summed E-state index contributed by atoms with van der Waals surface area (Å²) in [6.07, 6.45) is -23.7. The molecule has 31 nitrogen and oxygen atoms in total. The third-order valence-corrected chi connectivity index (χ3v) is 14.2. The molecule has 5 fully saturated rings. The largest absolute Gasteiger partial charge is 0.396 e. The van der Waals surface area contributed by atoms with Gasteiger partial charge in [-0.05, 0) is 46.5 Å². The zero-order chi connectivity index (χ0) is 57.3. The molecule has 438 valence electrons. The Morgan fingerprint density at radius 3 is 1.77 bits per heavy atom. The van der Waals surface area contributed by atoms with Crippen LogP contribution < -0.4 is 32.3 Å². The summed E-state index contributed by atoms with van der Waals surface area (Å²) in [6.45, 7) is 4.50. The third kappa shape index (κ3) is 15.1. The molecular weight excluding hydrogens is 1030 g/mol. The van der Waals surface area contributed by atoms with Gasteiger partial charge in [0.1, 0.15) is 103 Å². The van der Waals surface area contributed by atoms with Crippen LogP contribution in [0.4, 0.5) is 0 Å². The molecule has 5 rings (SSSR count). The van der Waals surface area contributed by atoms with Crippen molar-refractivity contribution in [2.24, 2.45) is 11.7 Å². The van der Waals surface area contributed by atoms with Crippen LogP contribution in [0.1, 0.15) is 67.2 Å². The number of ether oxygens (including phenoxy) is 6. The average molecular weight is 1110 g/mol. The zero-order valence-electron chi connectivity index (χ0n) is 43.5. The van der Waals surface area contributed by atoms with Gasteiger partial charge in [-0.3, -0.25) is 38.4 Å². The van der Waals surface area contributed by atoms with E-state index in [0.717, 1.165) is 13.8 Å². The molecule has 5 aliphatic heterocycles. The summed E-state index contributed by atoms with van der Waals surface area (Å²) in [5, 5.41) is 108. The molecular formula is C46H76N8O23. The topological polar surface area (TPSA) is 467 Å². The molecule has 0 bridgehead atoms. The van der Waals surface area contributed by atoms with E-state index in [1.54, 1.807) is 0 Å². The van der Waals surface area contributed by atoms with Gasteiger partial charge < -0.3 is 116 Å². The van der Waals surface area contributed by atoms with E-state index in [9.17, 15) is 84.3 Å². The van der Waals surface area contributed by atoms with Crippen molar-refractivity contribution in [3.63, 3.8) is 0 Å². The van der Waals surface area contributed by atoms with Crippen molar-refractivity contribution in [2.45, 2.75) is 196 Å². The van der Waals surface area contributed by atoms with Gasteiger partial charge in [-0.15, -0.1) is 0 Å². The summed E-state index contributed by atoms with van der Waals surface area (Å²) in [5.74, 6) is -7.21. The van der Waals surface area contributed by atoms with Gasteiger partial charge in [0.15, 0.2) is 18.9 Å². The van der Waals surface area contributed by atoms with Crippen LogP contribution in [0, 0.1) is 5.92 Å². The highest BCUT2D eigenvalue weighted by atomic mass is 16.7. The molecule has 8 amide bonds. The Balaban J connectivity index is 1.43. The fourth-order valence-corrected chi connectivity index (χ4v) is 9.70. The number of carbonyl (C=O) groups excluding carboxylic acids is 8. The van der Waals surface area contributed by atoms with Gasteiger partial charge >= 0.3 is 0 Å². The normalized spacial score (nSPS) is 35.4. The van der Waals surface area contributed by atoms with Gasteiger partial charge in [-0.1, -0.05) is 6.92 Å². The SMILES string of the molecule is CC(=O)NC1[C@H](OCC2O[C@@H](OC(C)C(NC(=O)C(C)CO)C(=O)NC(C)C(=O)N3CCCC3C(=O)N3CCCC3C(=O)NC(C)C(N)=O)C(NC(C)=O)[C@@H](O[C@@H]3OC(CO)[C@H](O)[C@H](O)C3O)[C@H]2O)OC(CO)[C@H](O)[C@@H]1O. The van der Waals surface area contributed by atoms with E-state index >= 15 is 0 Å². The van der Waals surface area contributed by atoms with Crippen LogP contribution in [-0.4, -0.2) is 271 Å². The second-order valence-corrected chi connectivity index (χ2v) is 20.0. The molecule has 77 heavy (non-hydrogen) atoms. The van der Waals surface area contributed by atoms with E-state index in [-0.39, 0.29) is 25.9 Å². The quantitative estimate of drug-likeness (QED) is 0.0479. The second-order valence-electron chi connectivity index (χ2n) is 20.0. The number of aliphatic hydroxyl groups is 9. The van der Waals surface area contributed by atoms with E-state index in [0.29, 0.717) is 12.8 Å². The van der Waals surface area contributed by atoms with E-state index in [4.69, 9.17) is 34.2 Å². The second kappa shape index (κ2) is 27.8. The lowest BCUT2D eigenvalue weighted by molar-refractivity contribution is -0.352. The first-order valence-electron chi connectivity index (χ1n) is 25.4. The molecule has 5 aliphatic rings. The van der Waals surface area contributed by atoms with E-state index in [1.807, 2.05) is 0 Å². The minimum absolute atomic E-state index is 0.0878. The number of nitrogens with zero attached hydrogens (tertiary/aromatic N) is 2. The molecule has 31 heteroatoms. The highest BCUT2D eigenvalue weighted by Crippen LogP contribution is 2.33. The van der Waals surface area contributed by atoms with Crippen LogP contribution in [0.25, 0.3) is 0 Å². The molecule has 5 saturated heterocycles. The summed E-state index contributed by atoms with van der Waals surface area (Å²) in [7, 11) is 0. The number of nitrogens with two attached hydrogens (primary N) is 1. The Morgan fingerprint density at radius 2 is 1.18 bits per heavy atom. The van der Waals surface area contributed by atoms with Crippen molar-refractivity contribution >= 4 is 47.3 Å². The zero-order valence-corrected chi connectivity index (χ0v) is 43.5. The molecule has 0 radical (unpaired) electrons. The first-order chi connectivity index (χ1) is 36.3. The Kier molecular flexibility index (Phi) is 22.8. The van der Waals surface area contributed by atoms with Crippen LogP contribution in [-0.2, 0) is 66.8 Å². The lowest BCUT2D eigenvalue weighted by atomic mass is 9.94. The molecule has 5 heterocycles. The highest BCUT2D eigenvalue weighted by molar-refractivity contribution is 5.97. The maximum absolute atomic E-state index is 14.4. The Labute approximate surface area is 442 Å². The molecule has 0 aromatic heterocycles. The minimum atomic E-state index is -2.07. The molecule has 0 aromatic carbocycles. The highest BCUT2D eigenvalue weighted by Gasteiger charge is 2.54. The smallest absolute Gasteiger partial charge is 0.246 e. The fourth-order valence-electron chi connectivity index (χ4n) is 9.70. The van der Waals surface area contributed by atoms with Crippen LogP contribution >= 0.6 is 0 Å². The summed E-state index contributed by atoms with van der Waals surface area (Å²) in [6, 6.07) is -9.37. The Morgan fingerprint density at radius 1 is 0.623 bits per heavy atom. The summed E-state index contributed by atoms with van der Waals surface area (Å²) in [5.41, 5.74) is 5.31. The standard InChI is InChI=1S/C46H76N8O23/c1-17(13-55)39(67)52-28(41(69)49-19(3)42(70)54-12-8-10-24(54)43(71)53-11-7-9-23(53)40(68)48-18(2)38(47)66)20(4)73-45-30(51-22(6)59)37(77-46-36(65)35(64)32(61)26(15-57)75-46)33(62)27(76-45)16-72-44-29(50-21(5)58)34(63)31(60)25(14-56)74-44/h17-20,23-37,44-46,55-57,60-65H,7-16H2,1-6H3,(H2,47,66)(H,48,68)(H,49,69)(H,50,58)(H,51,59)(H,52,67)/t17?,18?,19?,20?,23?,24?,25?,26?,27?,28?,29?,30?,31-,32-,33-,34+,35-,36?,37+,44+,45+,46-/m0/s1. The molecule has 13 unspecified atom stereocenters. The number of carbonyl (C=O) groups is 8. The van der Waals surface area contributed by atoms with Crippen molar-refractivity contribution in [2.75, 3.05) is 39.5 Å². The third-order valence-electron chi connectivity index (χ3n) is 14.2. The number of amides is 8. The number of hydrogen-bond acceptors (Lipinski definition) is 23. The van der Waals surface area contributed by atoms with Crippen molar-refractivity contribution < 1.29 is 113 Å². The maximum Gasteiger partial charge on any atom is 0.246 e. The van der Waals surface area contributed by atoms with Crippen LogP contribution in [0.15, 0.2) is 0 Å². The molecule has 0 aliphatic carbocycles. The Hall–Kier alpha value is -4.84. The summed E-state index contributed by atoms with van der Waals surface area (Å²) in [4.78, 5) is 108. The molecule has 22 atom stereocenters. The number of aliphatic hydroxyl groups excluding tert-OH is 9. The van der Waals surface area contributed by atoms with Gasteiger partial charge in [-0.2, -0.15) is 0 Å². The number of nitrogens with one attached hydrogen (secondary N) is 5. The maximum atomic E-state index is 14.4. The van der Waals surface area contributed by atoms with Gasteiger partial charge in [-0.25, -0.2) is 0 Å². The van der Waals surface area contributed by atoms with Crippen LogP contribution in [0.2, 0.25) is 0 Å². The monoisotopic (exact) mass is 1110 g/mol. The predicted molar refractivity (Wildman–Crippen MR) is 255 cm³/mol. The summed E-state index contributed by atoms with van der Waals surface area (Å²) >= 11 is 0. The predicted octanol–water partition coefficient (Wildman–Crippen LogP) is -9.28. The molecule has 0 aromatic rings. The number of primary amides is 1. The number of hydrogen-bond donors (Lipinski definition) is 15. The van der Waals surface area contributed by atoms with Gasteiger partial charge in [0.05, 0.1) is 38.4 Å². The van der Waals surface area contributed by atoms with Crippen molar-refractivity contribution in [3.8, 4) is 0 Å². The first kappa shape index (κ1) is 63.0. The van der Waals surface area contributed by atoms with Gasteiger partial charge in [0.25, 0.3) is 0 Å². The van der Waals surface area contributed by atoms with Crippen LogP contribution in [0.5, 0.6) is 0 Å². The molecule has 16 N–H and O–H groups in total. The van der Waals surface area contributed by atoms with Gasteiger partial charge in [0, 0.05) is 26.9 Å². The summed E-state index contributed by atoms with van der Waals surface area (Å²) < 4.78 is 35.6. The lowest BCUT2D eigenvalue weighted by Crippen LogP contribution is -2.69. The van der Waals surface area contributed by atoms with Gasteiger partial charge in [0.2, 0.25) is 47.3 Å². The van der Waals surface area contributed by atoms with E-state index in [2.05, 4.69) is 26.6 Å². The fraction of sp³-hybridized carbons (Fsp3) is 0.826. The van der Waals surface area contributed by atoms with E-state index < -0.39 is 208 Å². The van der Waals surface area contributed by atoms with E-state index in [1.165, 1.54) is 37.5 Å². The first-order valence-corrected chi connectivity index (χ1v) is 25.4. The van der Waals surface area contributed by atoms with Crippen molar-refractivity contribution in [1.82, 2.24) is 36.4 Å². The number of likely N-dealkylation sites (tertiary alicyclic amines) is 2. The molecule has 0 spiro atoms. The lowest BCUT2D eigenvalue weighted by Gasteiger charge is -2.48. The van der Waals surface area contributed by atoms with Crippen LogP contribution in [0.3, 0.4) is 0 Å². The molecule has 0 saturated carbocycles. The van der Waals surface area contributed by atoms with Crippen molar-refractivity contribution in [3.05, 3.63) is 0 Å². The Bertz CT molecular complexity index is 2080.